The van der Waals surface area contributed by atoms with Crippen LogP contribution in [0.25, 0.3) is 0 Å². The number of rotatable bonds is 3. The maximum Gasteiger partial charge on any atom is 0.345 e. The van der Waals surface area contributed by atoms with Crippen LogP contribution in [0.5, 0.6) is 0 Å². The van der Waals surface area contributed by atoms with Gasteiger partial charge in [0.05, 0.1) is 12.1 Å². The van der Waals surface area contributed by atoms with Crippen molar-refractivity contribution in [3.05, 3.63) is 0 Å². The number of carbonyl (C=O) groups is 1. The van der Waals surface area contributed by atoms with Gasteiger partial charge in [-0.3, -0.25) is 0 Å². The van der Waals surface area contributed by atoms with E-state index in [-0.39, 0.29) is 6.54 Å². The lowest BCUT2D eigenvalue weighted by Crippen LogP contribution is -2.50. The summed E-state index contributed by atoms with van der Waals surface area (Å²) in [6.45, 7) is 0.188. The van der Waals surface area contributed by atoms with Crippen LogP contribution in [0.3, 0.4) is 0 Å². The molecule has 0 saturated carbocycles. The van der Waals surface area contributed by atoms with E-state index < -0.39 is 34.7 Å². The van der Waals surface area contributed by atoms with Gasteiger partial charge in [0.15, 0.2) is 0 Å². The van der Waals surface area contributed by atoms with Crippen molar-refractivity contribution in [2.24, 2.45) is 5.73 Å². The number of aliphatic hydroxyl groups is 1. The average Bonchev–Trinajstić information content (AvgIpc) is 2.42. The van der Waals surface area contributed by atoms with Gasteiger partial charge in [-0.1, -0.05) is 0 Å². The van der Waals surface area contributed by atoms with Gasteiger partial charge in [-0.25, -0.2) is 13.2 Å². The van der Waals surface area contributed by atoms with Gasteiger partial charge in [-0.2, -0.15) is 9.35 Å². The number of fused-ring (bicyclic) bond motifs is 2. The van der Waals surface area contributed by atoms with Crippen LogP contribution in [0.15, 0.2) is 0 Å². The second-order valence-corrected chi connectivity index (χ2v) is 5.00. The van der Waals surface area contributed by atoms with Crippen LogP contribution in [0.2, 0.25) is 0 Å². The van der Waals surface area contributed by atoms with Crippen molar-refractivity contribution < 1.29 is 27.2 Å². The zero-order chi connectivity index (χ0) is 12.8. The zero-order valence-electron chi connectivity index (χ0n) is 8.72. The molecule has 2 aliphatic rings. The van der Waals surface area contributed by atoms with Crippen molar-refractivity contribution in [3.8, 4) is 0 Å². The SMILES string of the molecule is NC(O)[C@@H]1CC[C@@H]2CN1C(=O)N2OS(=O)(=O)[O-]. The van der Waals surface area contributed by atoms with Crippen molar-refractivity contribution in [2.75, 3.05) is 6.54 Å². The molecule has 2 amide bonds. The molecular weight excluding hydrogens is 254 g/mol. The highest BCUT2D eigenvalue weighted by Crippen LogP contribution is 2.31. The van der Waals surface area contributed by atoms with E-state index in [0.29, 0.717) is 17.9 Å². The first-order valence-corrected chi connectivity index (χ1v) is 6.32. The molecule has 2 heterocycles. The fourth-order valence-electron chi connectivity index (χ4n) is 2.21. The smallest absolute Gasteiger partial charge is 0.345 e. The van der Waals surface area contributed by atoms with Gasteiger partial charge in [0.25, 0.3) is 0 Å². The number of hydroxylamine groups is 2. The average molecular weight is 266 g/mol. The monoisotopic (exact) mass is 266 g/mol. The number of nitrogens with two attached hydrogens (primary N) is 1. The summed E-state index contributed by atoms with van der Waals surface area (Å²) in [7, 11) is -4.98. The van der Waals surface area contributed by atoms with Crippen molar-refractivity contribution >= 4 is 16.4 Å². The molecule has 0 aromatic carbocycles. The van der Waals surface area contributed by atoms with Gasteiger partial charge in [0.2, 0.25) is 10.4 Å². The third-order valence-corrected chi connectivity index (χ3v) is 3.28. The zero-order valence-corrected chi connectivity index (χ0v) is 9.54. The second kappa shape index (κ2) is 4.07. The maximum atomic E-state index is 11.7. The number of aliphatic hydroxyl groups excluding tert-OH is 1. The highest BCUT2D eigenvalue weighted by Gasteiger charge is 2.47. The highest BCUT2D eigenvalue weighted by atomic mass is 32.3. The molecule has 98 valence electrons. The van der Waals surface area contributed by atoms with Crippen LogP contribution in [0.4, 0.5) is 4.79 Å². The Morgan fingerprint density at radius 3 is 2.71 bits per heavy atom. The van der Waals surface area contributed by atoms with Gasteiger partial charge >= 0.3 is 6.03 Å². The number of hydrogen-bond acceptors (Lipinski definition) is 7. The minimum atomic E-state index is -4.98. The molecule has 0 radical (unpaired) electrons. The van der Waals surface area contributed by atoms with E-state index >= 15 is 0 Å². The third-order valence-electron chi connectivity index (χ3n) is 2.94. The molecule has 3 N–H and O–H groups in total. The second-order valence-electron chi connectivity index (χ2n) is 4.03. The van der Waals surface area contributed by atoms with E-state index in [1.54, 1.807) is 0 Å². The van der Waals surface area contributed by atoms with Gasteiger partial charge < -0.3 is 20.3 Å². The van der Waals surface area contributed by atoms with E-state index in [0.717, 1.165) is 0 Å². The first kappa shape index (κ1) is 12.5. The fourth-order valence-corrected chi connectivity index (χ4v) is 2.60. The molecule has 2 bridgehead atoms. The Hall–Kier alpha value is -0.940. The van der Waals surface area contributed by atoms with E-state index in [2.05, 4.69) is 4.28 Å². The molecule has 2 aliphatic heterocycles. The van der Waals surface area contributed by atoms with Crippen LogP contribution in [0.1, 0.15) is 12.8 Å². The van der Waals surface area contributed by atoms with Gasteiger partial charge in [0.1, 0.15) is 6.23 Å². The topological polar surface area (TPSA) is 136 Å². The lowest BCUT2D eigenvalue weighted by Gasteiger charge is -2.31. The number of nitrogens with zero attached hydrogens (tertiary/aromatic N) is 2. The summed E-state index contributed by atoms with van der Waals surface area (Å²) in [5.41, 5.74) is 5.31. The first-order chi connectivity index (χ1) is 7.79. The standard InChI is InChI=1S/C7H13N3O6S/c8-6(11)5-2-1-4-3-9(5)7(12)10(4)16-17(13,14)15/h4-6,11H,1-3,8H2,(H,13,14,15)/p-1/t4-,5+,6?/m1/s1. The summed E-state index contributed by atoms with van der Waals surface area (Å²) in [5.74, 6) is 0. The molecule has 2 rings (SSSR count). The van der Waals surface area contributed by atoms with Crippen LogP contribution in [-0.4, -0.2) is 58.9 Å². The highest BCUT2D eigenvalue weighted by molar-refractivity contribution is 7.80. The Bertz CT molecular complexity index is 423. The molecular formula is C7H12N3O6S-. The van der Waals surface area contributed by atoms with Crippen molar-refractivity contribution in [3.63, 3.8) is 0 Å². The van der Waals surface area contributed by atoms with Crippen molar-refractivity contribution in [2.45, 2.75) is 31.2 Å². The molecule has 1 unspecified atom stereocenters. The predicted octanol–water partition coefficient (Wildman–Crippen LogP) is -2.08. The summed E-state index contributed by atoms with van der Waals surface area (Å²) >= 11 is 0. The minimum Gasteiger partial charge on any atom is -0.724 e. The summed E-state index contributed by atoms with van der Waals surface area (Å²) in [6, 6.07) is -1.84. The molecule has 3 atom stereocenters. The molecule has 2 fully saturated rings. The maximum absolute atomic E-state index is 11.7. The molecule has 9 nitrogen and oxygen atoms in total. The number of piperidine rings is 1. The largest absolute Gasteiger partial charge is 0.724 e. The molecule has 0 aromatic rings. The number of carbonyl (C=O) groups excluding carboxylic acids is 1. The van der Waals surface area contributed by atoms with Crippen LogP contribution >= 0.6 is 0 Å². The van der Waals surface area contributed by atoms with E-state index in [1.807, 2.05) is 0 Å². The van der Waals surface area contributed by atoms with Crippen molar-refractivity contribution in [1.29, 1.82) is 0 Å². The number of amides is 2. The van der Waals surface area contributed by atoms with E-state index in [4.69, 9.17) is 5.73 Å². The lowest BCUT2D eigenvalue weighted by molar-refractivity contribution is -0.0330. The molecule has 0 spiro atoms. The minimum absolute atomic E-state index is 0.188. The van der Waals surface area contributed by atoms with Crippen LogP contribution in [-0.2, 0) is 14.7 Å². The molecule has 0 aliphatic carbocycles. The Balaban J connectivity index is 2.17. The summed E-state index contributed by atoms with van der Waals surface area (Å²) in [4.78, 5) is 12.9. The number of urea groups is 1. The number of hydrogen-bond donors (Lipinski definition) is 2. The van der Waals surface area contributed by atoms with Crippen molar-refractivity contribution in [1.82, 2.24) is 9.96 Å². The van der Waals surface area contributed by atoms with Gasteiger partial charge in [-0.15, -0.1) is 0 Å². The summed E-state index contributed by atoms with van der Waals surface area (Å²) in [6.07, 6.45) is -0.368. The van der Waals surface area contributed by atoms with E-state index in [1.165, 1.54) is 4.90 Å². The Morgan fingerprint density at radius 1 is 1.53 bits per heavy atom. The normalized spacial score (nSPS) is 30.9. The molecule has 0 aromatic heterocycles. The summed E-state index contributed by atoms with van der Waals surface area (Å²) < 4.78 is 35.5. The quantitative estimate of drug-likeness (QED) is 0.340. The Kier molecular flexibility index (Phi) is 2.99. The van der Waals surface area contributed by atoms with E-state index in [9.17, 15) is 22.9 Å². The Labute approximate surface area is 97.6 Å². The molecule has 2 saturated heterocycles. The van der Waals surface area contributed by atoms with Crippen LogP contribution < -0.4 is 5.73 Å². The predicted molar refractivity (Wildman–Crippen MR) is 51.7 cm³/mol. The van der Waals surface area contributed by atoms with Gasteiger partial charge in [0, 0.05) is 6.54 Å². The molecule has 10 heteroatoms. The summed E-state index contributed by atoms with van der Waals surface area (Å²) in [5, 5.41) is 9.82. The third kappa shape index (κ3) is 2.35. The Morgan fingerprint density at radius 2 is 2.18 bits per heavy atom. The fraction of sp³-hybridized carbons (Fsp3) is 0.857. The van der Waals surface area contributed by atoms with Gasteiger partial charge in [-0.05, 0) is 12.8 Å². The van der Waals surface area contributed by atoms with Crippen LogP contribution in [0, 0.1) is 0 Å². The first-order valence-electron chi connectivity index (χ1n) is 4.98. The molecule has 17 heavy (non-hydrogen) atoms. The lowest BCUT2D eigenvalue weighted by atomic mass is 10.00.